The number of likely N-dealkylation sites (N-methyl/N-ethyl adjacent to an activating group) is 1. The highest BCUT2D eigenvalue weighted by Crippen LogP contribution is 2.30. The van der Waals surface area contributed by atoms with Crippen molar-refractivity contribution >= 4 is 5.91 Å². The molecule has 4 nitrogen and oxygen atoms in total. The average Bonchev–Trinajstić information content (AvgIpc) is 3.35. The molecule has 136 valence electrons. The Morgan fingerprint density at radius 1 is 1.00 bits per heavy atom. The Kier molecular flexibility index (Phi) is 5.09. The molecule has 3 heterocycles. The first-order valence-electron chi connectivity index (χ1n) is 10.0. The van der Waals surface area contributed by atoms with Gasteiger partial charge < -0.3 is 9.80 Å². The maximum atomic E-state index is 13.2. The molecule has 1 amide bonds. The monoisotopic (exact) mass is 341 g/mol. The SMILES string of the molecule is CN1CCC[C@H]1[C@H]1CCCN1C(=O)c1cccc(CN2CCCC2)c1. The first-order valence-corrected chi connectivity index (χ1v) is 10.0. The molecule has 3 saturated heterocycles. The second kappa shape index (κ2) is 7.46. The van der Waals surface area contributed by atoms with Crippen LogP contribution in [0, 0.1) is 0 Å². The molecule has 1 aromatic carbocycles. The summed E-state index contributed by atoms with van der Waals surface area (Å²) >= 11 is 0. The van der Waals surface area contributed by atoms with Gasteiger partial charge in [-0.2, -0.15) is 0 Å². The second-order valence-electron chi connectivity index (χ2n) is 8.08. The second-order valence-corrected chi connectivity index (χ2v) is 8.08. The molecule has 0 N–H and O–H groups in total. The Morgan fingerprint density at radius 3 is 2.52 bits per heavy atom. The predicted molar refractivity (Wildman–Crippen MR) is 101 cm³/mol. The van der Waals surface area contributed by atoms with Crippen LogP contribution < -0.4 is 0 Å². The van der Waals surface area contributed by atoms with E-state index in [1.54, 1.807) is 0 Å². The Bertz CT molecular complexity index is 611. The van der Waals surface area contributed by atoms with Crippen LogP contribution in [0.3, 0.4) is 0 Å². The minimum Gasteiger partial charge on any atom is -0.334 e. The van der Waals surface area contributed by atoms with Crippen LogP contribution in [0.15, 0.2) is 24.3 Å². The van der Waals surface area contributed by atoms with Crippen molar-refractivity contribution in [2.24, 2.45) is 0 Å². The lowest BCUT2D eigenvalue weighted by Crippen LogP contribution is -2.47. The number of likely N-dealkylation sites (tertiary alicyclic amines) is 3. The van der Waals surface area contributed by atoms with E-state index in [9.17, 15) is 4.79 Å². The Balaban J connectivity index is 1.47. The molecular formula is C21H31N3O. The number of nitrogens with zero attached hydrogens (tertiary/aromatic N) is 3. The first kappa shape index (κ1) is 17.0. The zero-order chi connectivity index (χ0) is 17.2. The van der Waals surface area contributed by atoms with Crippen molar-refractivity contribution in [3.63, 3.8) is 0 Å². The summed E-state index contributed by atoms with van der Waals surface area (Å²) in [7, 11) is 2.22. The van der Waals surface area contributed by atoms with Crippen molar-refractivity contribution in [1.82, 2.24) is 14.7 Å². The van der Waals surface area contributed by atoms with Crippen LogP contribution in [-0.2, 0) is 6.54 Å². The molecule has 3 aliphatic heterocycles. The van der Waals surface area contributed by atoms with Crippen LogP contribution in [0.4, 0.5) is 0 Å². The van der Waals surface area contributed by atoms with Crippen molar-refractivity contribution in [2.45, 2.75) is 57.2 Å². The number of hydrogen-bond donors (Lipinski definition) is 0. The van der Waals surface area contributed by atoms with E-state index in [0.29, 0.717) is 12.1 Å². The Hall–Kier alpha value is -1.39. The van der Waals surface area contributed by atoms with Crippen LogP contribution in [0.1, 0.15) is 54.4 Å². The lowest BCUT2D eigenvalue weighted by atomic mass is 10.0. The van der Waals surface area contributed by atoms with E-state index in [-0.39, 0.29) is 5.91 Å². The van der Waals surface area contributed by atoms with Crippen molar-refractivity contribution in [3.8, 4) is 0 Å². The Labute approximate surface area is 151 Å². The molecule has 2 atom stereocenters. The molecule has 0 unspecified atom stereocenters. The summed E-state index contributed by atoms with van der Waals surface area (Å²) in [6.07, 6.45) is 7.43. The minimum atomic E-state index is 0.242. The highest BCUT2D eigenvalue weighted by molar-refractivity contribution is 5.94. The van der Waals surface area contributed by atoms with Gasteiger partial charge in [0.25, 0.3) is 5.91 Å². The number of benzene rings is 1. The molecule has 25 heavy (non-hydrogen) atoms. The fourth-order valence-electron chi connectivity index (χ4n) is 5.03. The molecule has 0 radical (unpaired) electrons. The molecule has 0 aromatic heterocycles. The third-order valence-corrected chi connectivity index (χ3v) is 6.36. The minimum absolute atomic E-state index is 0.242. The van der Waals surface area contributed by atoms with Crippen LogP contribution in [0.25, 0.3) is 0 Å². The van der Waals surface area contributed by atoms with E-state index in [1.807, 2.05) is 6.07 Å². The molecule has 0 spiro atoms. The largest absolute Gasteiger partial charge is 0.334 e. The van der Waals surface area contributed by atoms with Gasteiger partial charge in [0.15, 0.2) is 0 Å². The molecule has 0 bridgehead atoms. The van der Waals surface area contributed by atoms with Gasteiger partial charge in [-0.15, -0.1) is 0 Å². The molecule has 0 saturated carbocycles. The van der Waals surface area contributed by atoms with E-state index in [0.717, 1.165) is 31.5 Å². The summed E-state index contributed by atoms with van der Waals surface area (Å²) in [4.78, 5) is 20.3. The predicted octanol–water partition coefficient (Wildman–Crippen LogP) is 2.98. The highest BCUT2D eigenvalue weighted by atomic mass is 16.2. The summed E-state index contributed by atoms with van der Waals surface area (Å²) in [5, 5.41) is 0. The van der Waals surface area contributed by atoms with E-state index in [1.165, 1.54) is 50.9 Å². The number of hydrogen-bond acceptors (Lipinski definition) is 3. The van der Waals surface area contributed by atoms with Gasteiger partial charge in [0.05, 0.1) is 0 Å². The molecular weight excluding hydrogens is 310 g/mol. The third-order valence-electron chi connectivity index (χ3n) is 6.36. The topological polar surface area (TPSA) is 26.8 Å². The number of carbonyl (C=O) groups is 1. The van der Waals surface area contributed by atoms with E-state index in [4.69, 9.17) is 0 Å². The average molecular weight is 341 g/mol. The van der Waals surface area contributed by atoms with Crippen molar-refractivity contribution in [1.29, 1.82) is 0 Å². The van der Waals surface area contributed by atoms with Crippen LogP contribution in [0.2, 0.25) is 0 Å². The van der Waals surface area contributed by atoms with E-state index >= 15 is 0 Å². The number of amides is 1. The maximum Gasteiger partial charge on any atom is 0.254 e. The van der Waals surface area contributed by atoms with Gasteiger partial charge in [-0.1, -0.05) is 12.1 Å². The van der Waals surface area contributed by atoms with Crippen molar-refractivity contribution in [2.75, 3.05) is 33.2 Å². The highest BCUT2D eigenvalue weighted by Gasteiger charge is 2.38. The van der Waals surface area contributed by atoms with Gasteiger partial charge in [0.2, 0.25) is 0 Å². The van der Waals surface area contributed by atoms with Gasteiger partial charge >= 0.3 is 0 Å². The van der Waals surface area contributed by atoms with Gasteiger partial charge in [-0.05, 0) is 82.9 Å². The molecule has 3 aliphatic rings. The quantitative estimate of drug-likeness (QED) is 0.842. The molecule has 4 heteroatoms. The van der Waals surface area contributed by atoms with Gasteiger partial charge in [-0.25, -0.2) is 0 Å². The third kappa shape index (κ3) is 3.61. The number of carbonyl (C=O) groups excluding carboxylic acids is 1. The molecule has 3 fully saturated rings. The van der Waals surface area contributed by atoms with Gasteiger partial charge in [-0.3, -0.25) is 9.69 Å². The molecule has 0 aliphatic carbocycles. The zero-order valence-electron chi connectivity index (χ0n) is 15.5. The summed E-state index contributed by atoms with van der Waals surface area (Å²) in [6.45, 7) is 5.47. The fraction of sp³-hybridized carbons (Fsp3) is 0.667. The molecule has 1 aromatic rings. The van der Waals surface area contributed by atoms with E-state index in [2.05, 4.69) is 39.9 Å². The lowest BCUT2D eigenvalue weighted by Gasteiger charge is -2.33. The summed E-state index contributed by atoms with van der Waals surface area (Å²) in [5.74, 6) is 0.242. The molecule has 4 rings (SSSR count). The lowest BCUT2D eigenvalue weighted by molar-refractivity contribution is 0.0664. The normalized spacial score (nSPS) is 28.1. The summed E-state index contributed by atoms with van der Waals surface area (Å²) in [5.41, 5.74) is 2.16. The smallest absolute Gasteiger partial charge is 0.254 e. The van der Waals surface area contributed by atoms with Crippen molar-refractivity contribution < 1.29 is 4.79 Å². The van der Waals surface area contributed by atoms with Crippen LogP contribution in [-0.4, -0.2) is 65.9 Å². The van der Waals surface area contributed by atoms with Crippen molar-refractivity contribution in [3.05, 3.63) is 35.4 Å². The summed E-state index contributed by atoms with van der Waals surface area (Å²) in [6, 6.07) is 9.33. The Morgan fingerprint density at radius 2 is 1.76 bits per heavy atom. The van der Waals surface area contributed by atoms with E-state index < -0.39 is 0 Å². The van der Waals surface area contributed by atoms with Crippen LogP contribution in [0.5, 0.6) is 0 Å². The zero-order valence-corrected chi connectivity index (χ0v) is 15.5. The van der Waals surface area contributed by atoms with Gasteiger partial charge in [0.1, 0.15) is 0 Å². The number of rotatable bonds is 4. The maximum absolute atomic E-state index is 13.2. The standard InChI is InChI=1S/C21H31N3O/c1-22-11-5-9-19(22)20-10-6-14-24(20)21(25)18-8-4-7-17(15-18)16-23-12-2-3-13-23/h4,7-8,15,19-20H,2-3,5-6,9-14,16H2,1H3/t19-,20+/m0/s1. The fourth-order valence-corrected chi connectivity index (χ4v) is 5.03. The van der Waals surface area contributed by atoms with Crippen LogP contribution >= 0.6 is 0 Å². The summed E-state index contributed by atoms with van der Waals surface area (Å²) < 4.78 is 0. The van der Waals surface area contributed by atoms with Gasteiger partial charge in [0, 0.05) is 30.7 Å². The first-order chi connectivity index (χ1) is 12.2.